The van der Waals surface area contributed by atoms with E-state index in [0.717, 1.165) is 40.8 Å². The normalized spacial score (nSPS) is 11.2. The average Bonchev–Trinajstić information content (AvgIpc) is 3.22. The smallest absolute Gasteiger partial charge is 0.234 e. The molecule has 2 N–H and O–H groups in total. The monoisotopic (exact) mass is 427 g/mol. The number of H-pyrrole nitrogens is 1. The number of carbonyl (C=O) groups is 1. The zero-order valence-electron chi connectivity index (χ0n) is 16.6. The number of nitrogens with zero attached hydrogens (tertiary/aromatic N) is 3. The largest absolute Gasteiger partial charge is 0.333 e. The lowest BCUT2D eigenvalue weighted by atomic mass is 10.2. The molecule has 0 aliphatic carbocycles. The highest BCUT2D eigenvalue weighted by Crippen LogP contribution is 2.25. The van der Waals surface area contributed by atoms with Crippen LogP contribution in [0.3, 0.4) is 0 Å². The molecule has 30 heavy (non-hydrogen) atoms. The minimum atomic E-state index is -0.958. The van der Waals surface area contributed by atoms with Crippen molar-refractivity contribution in [3.63, 3.8) is 0 Å². The highest BCUT2D eigenvalue weighted by Gasteiger charge is 2.16. The van der Waals surface area contributed by atoms with Gasteiger partial charge in [-0.3, -0.25) is 4.79 Å². The number of carbonyl (C=O) groups excluding carboxylic acids is 1. The Bertz CT molecular complexity index is 1210. The summed E-state index contributed by atoms with van der Waals surface area (Å²) in [7, 11) is 0. The number of imidazole rings is 1. The molecule has 9 heteroatoms. The summed E-state index contributed by atoms with van der Waals surface area (Å²) in [6, 6.07) is 10.0. The van der Waals surface area contributed by atoms with E-state index >= 15 is 0 Å². The van der Waals surface area contributed by atoms with Gasteiger partial charge in [0.15, 0.2) is 16.8 Å². The number of hydrogen-bond donors (Lipinski definition) is 2. The van der Waals surface area contributed by atoms with Gasteiger partial charge >= 0.3 is 0 Å². The van der Waals surface area contributed by atoms with Gasteiger partial charge in [0.05, 0.1) is 39.5 Å². The molecule has 0 fully saturated rings. The Hall–Kier alpha value is -3.20. The number of benzene rings is 2. The van der Waals surface area contributed by atoms with Gasteiger partial charge < -0.3 is 10.3 Å². The van der Waals surface area contributed by atoms with Crippen molar-refractivity contribution < 1.29 is 13.6 Å². The number of amides is 1. The summed E-state index contributed by atoms with van der Waals surface area (Å²) in [6.45, 7) is 5.75. The summed E-state index contributed by atoms with van der Waals surface area (Å²) in [5.74, 6) is -2.05. The Balaban J connectivity index is 1.46. The number of aromatic amines is 1. The Morgan fingerprint density at radius 3 is 2.57 bits per heavy atom. The van der Waals surface area contributed by atoms with Crippen LogP contribution in [0.4, 0.5) is 14.5 Å². The van der Waals surface area contributed by atoms with E-state index in [1.807, 2.05) is 45.0 Å². The molecule has 2 aromatic heterocycles. The van der Waals surface area contributed by atoms with Gasteiger partial charge in [-0.1, -0.05) is 29.5 Å². The molecular formula is C21H19F2N5OS. The fraction of sp³-hybridized carbons (Fsp3) is 0.190. The molecule has 0 bridgehead atoms. The summed E-state index contributed by atoms with van der Waals surface area (Å²) < 4.78 is 28.5. The van der Waals surface area contributed by atoms with Crippen molar-refractivity contribution in [2.75, 3.05) is 11.1 Å². The van der Waals surface area contributed by atoms with E-state index in [9.17, 15) is 13.6 Å². The average molecular weight is 427 g/mol. The van der Waals surface area contributed by atoms with Crippen molar-refractivity contribution >= 4 is 34.4 Å². The van der Waals surface area contributed by atoms with Crippen molar-refractivity contribution in [3.05, 3.63) is 65.0 Å². The molecule has 1 amide bonds. The second kappa shape index (κ2) is 7.91. The first-order valence-corrected chi connectivity index (χ1v) is 10.2. The minimum Gasteiger partial charge on any atom is -0.333 e. The van der Waals surface area contributed by atoms with E-state index in [2.05, 4.69) is 20.4 Å². The van der Waals surface area contributed by atoms with Crippen LogP contribution in [0.1, 0.15) is 17.0 Å². The predicted molar refractivity (Wildman–Crippen MR) is 113 cm³/mol. The van der Waals surface area contributed by atoms with Crippen LogP contribution in [-0.2, 0) is 4.79 Å². The molecular weight excluding hydrogens is 408 g/mol. The second-order valence-corrected chi connectivity index (χ2v) is 7.92. The maximum Gasteiger partial charge on any atom is 0.234 e. The Morgan fingerprint density at radius 2 is 1.83 bits per heavy atom. The van der Waals surface area contributed by atoms with Crippen LogP contribution in [0.5, 0.6) is 0 Å². The van der Waals surface area contributed by atoms with Gasteiger partial charge in [-0.15, -0.1) is 0 Å². The third kappa shape index (κ3) is 3.93. The lowest BCUT2D eigenvalue weighted by Crippen LogP contribution is -2.15. The summed E-state index contributed by atoms with van der Waals surface area (Å²) >= 11 is 1.15. The first-order valence-electron chi connectivity index (χ1n) is 9.22. The van der Waals surface area contributed by atoms with Crippen LogP contribution >= 0.6 is 11.8 Å². The molecule has 0 saturated carbocycles. The lowest BCUT2D eigenvalue weighted by Gasteiger charge is -2.07. The SMILES string of the molecule is Cc1ccc(-n2nc(C)c(NC(=O)CSc3nc4cc(F)c(F)cc4[nH]3)c2C)cc1. The molecule has 0 unspecified atom stereocenters. The van der Waals surface area contributed by atoms with Crippen LogP contribution in [-0.4, -0.2) is 31.4 Å². The number of halogens is 2. The van der Waals surface area contributed by atoms with Gasteiger partial charge in [-0.2, -0.15) is 5.10 Å². The first-order chi connectivity index (χ1) is 14.3. The van der Waals surface area contributed by atoms with E-state index in [-0.39, 0.29) is 11.7 Å². The number of rotatable bonds is 5. The maximum absolute atomic E-state index is 13.3. The van der Waals surface area contributed by atoms with Gasteiger partial charge in [0.2, 0.25) is 5.91 Å². The molecule has 2 aromatic carbocycles. The van der Waals surface area contributed by atoms with E-state index in [1.165, 1.54) is 0 Å². The molecule has 0 spiro atoms. The molecule has 2 heterocycles. The maximum atomic E-state index is 13.3. The topological polar surface area (TPSA) is 75.6 Å². The van der Waals surface area contributed by atoms with E-state index in [4.69, 9.17) is 0 Å². The standard InChI is InChI=1S/C21H19F2N5OS/c1-11-4-6-14(7-5-11)28-13(3)20(12(2)27-28)26-19(29)10-30-21-24-17-8-15(22)16(23)9-18(17)25-21/h4-9H,10H2,1-3H3,(H,24,25)(H,26,29). The van der Waals surface area contributed by atoms with Crippen LogP contribution < -0.4 is 5.32 Å². The summed E-state index contributed by atoms with van der Waals surface area (Å²) in [5, 5.41) is 7.84. The zero-order valence-corrected chi connectivity index (χ0v) is 17.4. The third-order valence-corrected chi connectivity index (χ3v) is 5.55. The first kappa shape index (κ1) is 20.1. The molecule has 0 radical (unpaired) electrons. The van der Waals surface area contributed by atoms with Gasteiger partial charge in [-0.25, -0.2) is 18.4 Å². The molecule has 154 valence electrons. The number of aromatic nitrogens is 4. The summed E-state index contributed by atoms with van der Waals surface area (Å²) in [4.78, 5) is 19.5. The Labute approximate surface area is 175 Å². The molecule has 0 aliphatic rings. The second-order valence-electron chi connectivity index (χ2n) is 6.96. The van der Waals surface area contributed by atoms with Crippen LogP contribution in [0.25, 0.3) is 16.7 Å². The van der Waals surface area contributed by atoms with Crippen LogP contribution in [0.15, 0.2) is 41.6 Å². The Kier molecular flexibility index (Phi) is 5.29. The van der Waals surface area contributed by atoms with Gasteiger partial charge in [0.1, 0.15) is 0 Å². The van der Waals surface area contributed by atoms with E-state index in [0.29, 0.717) is 27.6 Å². The van der Waals surface area contributed by atoms with Gasteiger partial charge in [0, 0.05) is 12.1 Å². The summed E-state index contributed by atoms with van der Waals surface area (Å²) in [5.41, 5.74) is 4.95. The molecule has 4 aromatic rings. The number of aryl methyl sites for hydroxylation is 2. The molecule has 6 nitrogen and oxygen atoms in total. The highest BCUT2D eigenvalue weighted by molar-refractivity contribution is 7.99. The fourth-order valence-electron chi connectivity index (χ4n) is 3.12. The van der Waals surface area contributed by atoms with Crippen molar-refractivity contribution in [3.8, 4) is 5.69 Å². The number of anilines is 1. The van der Waals surface area contributed by atoms with Crippen molar-refractivity contribution in [1.82, 2.24) is 19.7 Å². The number of hydrogen-bond acceptors (Lipinski definition) is 4. The number of thioether (sulfide) groups is 1. The van der Waals surface area contributed by atoms with Crippen LogP contribution in [0, 0.1) is 32.4 Å². The number of fused-ring (bicyclic) bond motifs is 1. The highest BCUT2D eigenvalue weighted by atomic mass is 32.2. The number of nitrogens with one attached hydrogen (secondary N) is 2. The molecule has 0 atom stereocenters. The van der Waals surface area contributed by atoms with Crippen molar-refractivity contribution in [1.29, 1.82) is 0 Å². The zero-order chi connectivity index (χ0) is 21.4. The minimum absolute atomic E-state index is 0.0827. The summed E-state index contributed by atoms with van der Waals surface area (Å²) in [6.07, 6.45) is 0. The van der Waals surface area contributed by atoms with E-state index < -0.39 is 11.6 Å². The third-order valence-electron chi connectivity index (χ3n) is 4.68. The van der Waals surface area contributed by atoms with Crippen molar-refractivity contribution in [2.45, 2.75) is 25.9 Å². The van der Waals surface area contributed by atoms with Crippen LogP contribution in [0.2, 0.25) is 0 Å². The quantitative estimate of drug-likeness (QED) is 0.454. The lowest BCUT2D eigenvalue weighted by molar-refractivity contribution is -0.113. The van der Waals surface area contributed by atoms with E-state index in [1.54, 1.807) is 4.68 Å². The predicted octanol–water partition coefficient (Wildman–Crippen LogP) is 4.68. The van der Waals surface area contributed by atoms with Crippen molar-refractivity contribution in [2.24, 2.45) is 0 Å². The fourth-order valence-corrected chi connectivity index (χ4v) is 3.81. The molecule has 0 saturated heterocycles. The van der Waals surface area contributed by atoms with Gasteiger partial charge in [-0.05, 0) is 32.9 Å². The molecule has 4 rings (SSSR count). The Morgan fingerprint density at radius 1 is 1.13 bits per heavy atom. The molecule has 0 aliphatic heterocycles. The van der Waals surface area contributed by atoms with Gasteiger partial charge in [0.25, 0.3) is 0 Å².